The Labute approximate surface area is 311 Å². The summed E-state index contributed by atoms with van der Waals surface area (Å²) in [5.74, 6) is 0. The third-order valence-corrected chi connectivity index (χ3v) is 10.5. The van der Waals surface area contributed by atoms with E-state index in [9.17, 15) is 0 Å². The van der Waals surface area contributed by atoms with Crippen LogP contribution >= 0.6 is 0 Å². The highest BCUT2D eigenvalue weighted by Crippen LogP contribution is 2.40. The van der Waals surface area contributed by atoms with Crippen molar-refractivity contribution in [3.8, 4) is 22.8 Å². The molecule has 54 heavy (non-hydrogen) atoms. The summed E-state index contributed by atoms with van der Waals surface area (Å²) in [6.45, 7) is 0. The molecule has 11 rings (SSSR count). The quantitative estimate of drug-likeness (QED) is 0.174. The maximum absolute atomic E-state index is 6.28. The molecule has 0 fully saturated rings. The first kappa shape index (κ1) is 30.3. The Morgan fingerprint density at radius 3 is 1.48 bits per heavy atom. The lowest BCUT2D eigenvalue weighted by molar-refractivity contribution is 0.574. The van der Waals surface area contributed by atoms with Gasteiger partial charge in [0.1, 0.15) is 5.52 Å². The van der Waals surface area contributed by atoms with Gasteiger partial charge in [0.15, 0.2) is 5.58 Å². The van der Waals surface area contributed by atoms with Crippen LogP contribution in [0.25, 0.3) is 77.5 Å². The van der Waals surface area contributed by atoms with Crippen LogP contribution in [0.4, 0.5) is 17.1 Å². The number of nitrogens with zero attached hydrogens (tertiary/aromatic N) is 4. The largest absolute Gasteiger partial charge is 0.423 e. The topological polar surface area (TPSA) is 39.1 Å². The predicted molar refractivity (Wildman–Crippen MR) is 223 cm³/mol. The maximum Gasteiger partial charge on any atom is 0.307 e. The van der Waals surface area contributed by atoms with Gasteiger partial charge in [-0.25, -0.2) is 0 Å². The van der Waals surface area contributed by atoms with Gasteiger partial charge < -0.3 is 13.9 Å². The summed E-state index contributed by atoms with van der Waals surface area (Å²) < 4.78 is 10.8. The Balaban J connectivity index is 1.02. The molecule has 254 valence electrons. The molecule has 0 saturated heterocycles. The smallest absolute Gasteiger partial charge is 0.307 e. The number of fused-ring (bicyclic) bond motifs is 7. The molecule has 3 aromatic heterocycles. The highest BCUT2D eigenvalue weighted by atomic mass is 16.4. The monoisotopic (exact) mass is 692 g/mol. The van der Waals surface area contributed by atoms with Crippen molar-refractivity contribution < 1.29 is 4.42 Å². The summed E-state index contributed by atoms with van der Waals surface area (Å²) in [6, 6.07) is 69.2. The fraction of sp³-hybridized carbons (Fsp3) is 0. The second-order valence-electron chi connectivity index (χ2n) is 13.7. The summed E-state index contributed by atoms with van der Waals surface area (Å²) in [6.07, 6.45) is 0. The molecule has 0 unspecified atom stereocenters. The van der Waals surface area contributed by atoms with Crippen LogP contribution < -0.4 is 4.90 Å². The minimum atomic E-state index is 0.574. The van der Waals surface area contributed by atoms with Crippen molar-refractivity contribution in [2.24, 2.45) is 0 Å². The number of para-hydroxylation sites is 6. The molecule has 0 N–H and O–H groups in total. The maximum atomic E-state index is 6.28. The average Bonchev–Trinajstić information content (AvgIpc) is 3.91. The third kappa shape index (κ3) is 4.76. The zero-order valence-electron chi connectivity index (χ0n) is 29.2. The Kier molecular flexibility index (Phi) is 6.79. The van der Waals surface area contributed by atoms with E-state index in [0.29, 0.717) is 6.01 Å². The van der Waals surface area contributed by atoms with Crippen LogP contribution in [-0.2, 0) is 0 Å². The third-order valence-electron chi connectivity index (χ3n) is 10.5. The minimum Gasteiger partial charge on any atom is -0.423 e. The van der Waals surface area contributed by atoms with Gasteiger partial charge in [0.05, 0.1) is 22.1 Å². The Bertz CT molecular complexity index is 3080. The normalized spacial score (nSPS) is 11.7. The van der Waals surface area contributed by atoms with Crippen molar-refractivity contribution in [2.45, 2.75) is 0 Å². The molecule has 0 saturated carbocycles. The van der Waals surface area contributed by atoms with Crippen LogP contribution in [0.2, 0.25) is 0 Å². The van der Waals surface area contributed by atoms with E-state index in [2.05, 4.69) is 184 Å². The van der Waals surface area contributed by atoms with Crippen LogP contribution in [-0.4, -0.2) is 14.1 Å². The number of hydrogen-bond donors (Lipinski definition) is 0. The molecule has 0 aliphatic carbocycles. The Morgan fingerprint density at radius 2 is 0.870 bits per heavy atom. The van der Waals surface area contributed by atoms with Gasteiger partial charge in [-0.2, -0.15) is 4.98 Å². The summed E-state index contributed by atoms with van der Waals surface area (Å²) >= 11 is 0. The molecular weight excluding hydrogens is 661 g/mol. The zero-order chi connectivity index (χ0) is 35.6. The van der Waals surface area contributed by atoms with E-state index >= 15 is 0 Å². The zero-order valence-corrected chi connectivity index (χ0v) is 29.2. The molecule has 11 aromatic rings. The highest BCUT2D eigenvalue weighted by molar-refractivity contribution is 6.12. The van der Waals surface area contributed by atoms with Crippen LogP contribution in [0.1, 0.15) is 0 Å². The molecule has 0 amide bonds. The van der Waals surface area contributed by atoms with E-state index in [1.165, 1.54) is 27.4 Å². The number of anilines is 3. The lowest BCUT2D eigenvalue weighted by Gasteiger charge is -2.25. The first-order chi connectivity index (χ1) is 26.8. The molecule has 0 aliphatic heterocycles. The van der Waals surface area contributed by atoms with Crippen LogP contribution in [0.3, 0.4) is 0 Å². The summed E-state index contributed by atoms with van der Waals surface area (Å²) in [5, 5.41) is 4.77. The number of oxazole rings is 1. The molecular formula is C49H32N4O. The van der Waals surface area contributed by atoms with Crippen molar-refractivity contribution >= 4 is 71.8 Å². The predicted octanol–water partition coefficient (Wildman–Crippen LogP) is 13.2. The molecule has 0 radical (unpaired) electrons. The second-order valence-corrected chi connectivity index (χ2v) is 13.7. The molecule has 0 atom stereocenters. The van der Waals surface area contributed by atoms with E-state index in [1.807, 2.05) is 24.3 Å². The van der Waals surface area contributed by atoms with Crippen molar-refractivity contribution in [1.29, 1.82) is 0 Å². The first-order valence-corrected chi connectivity index (χ1v) is 18.2. The van der Waals surface area contributed by atoms with Gasteiger partial charge in [0.2, 0.25) is 0 Å². The molecule has 3 heterocycles. The molecule has 0 spiro atoms. The number of rotatable bonds is 6. The van der Waals surface area contributed by atoms with E-state index in [0.717, 1.165) is 61.2 Å². The lowest BCUT2D eigenvalue weighted by atomic mass is 10.0. The van der Waals surface area contributed by atoms with E-state index in [-0.39, 0.29) is 0 Å². The van der Waals surface area contributed by atoms with Gasteiger partial charge in [0.25, 0.3) is 0 Å². The minimum absolute atomic E-state index is 0.574. The van der Waals surface area contributed by atoms with Crippen molar-refractivity contribution in [3.63, 3.8) is 0 Å². The SMILES string of the molecule is c1ccc(N(c2ccccc2)c2ccc(-n3c4ccccc4c4cc(-c5ccc6c(c5)c5ccccc5n6-c5nc6ccccc6o5)ccc43)cc2)cc1. The van der Waals surface area contributed by atoms with E-state index in [4.69, 9.17) is 9.40 Å². The first-order valence-electron chi connectivity index (χ1n) is 18.2. The number of benzene rings is 8. The molecule has 8 aromatic carbocycles. The van der Waals surface area contributed by atoms with Gasteiger partial charge in [-0.15, -0.1) is 0 Å². The molecule has 0 aliphatic rings. The Morgan fingerprint density at radius 1 is 0.389 bits per heavy atom. The average molecular weight is 693 g/mol. The summed E-state index contributed by atoms with van der Waals surface area (Å²) in [5.41, 5.74) is 12.9. The standard InChI is InChI=1S/C49H32N4O/c1-3-13-35(14-4-1)51(36-15-5-2-6-16-36)37-25-27-38(28-26-37)52-44-20-10-7-17-39(44)41-31-33(23-29-46(41)52)34-24-30-47-42(32-34)40-18-8-11-21-45(40)53(47)49-50-43-19-9-12-22-48(43)54-49/h1-32H. The van der Waals surface area contributed by atoms with Crippen LogP contribution in [0, 0.1) is 0 Å². The van der Waals surface area contributed by atoms with Gasteiger partial charge in [-0.1, -0.05) is 97.1 Å². The molecule has 0 bridgehead atoms. The van der Waals surface area contributed by atoms with Crippen molar-refractivity contribution in [3.05, 3.63) is 194 Å². The van der Waals surface area contributed by atoms with Gasteiger partial charge in [-0.05, 0) is 108 Å². The van der Waals surface area contributed by atoms with Gasteiger partial charge in [0, 0.05) is 44.3 Å². The fourth-order valence-electron chi connectivity index (χ4n) is 8.10. The summed E-state index contributed by atoms with van der Waals surface area (Å²) in [7, 11) is 0. The lowest BCUT2D eigenvalue weighted by Crippen LogP contribution is -2.09. The molecule has 5 nitrogen and oxygen atoms in total. The van der Waals surface area contributed by atoms with Gasteiger partial charge >= 0.3 is 6.01 Å². The molecule has 5 heteroatoms. The van der Waals surface area contributed by atoms with Crippen molar-refractivity contribution in [2.75, 3.05) is 4.90 Å². The number of hydrogen-bond acceptors (Lipinski definition) is 3. The highest BCUT2D eigenvalue weighted by Gasteiger charge is 2.19. The van der Waals surface area contributed by atoms with Crippen LogP contribution in [0.5, 0.6) is 0 Å². The van der Waals surface area contributed by atoms with Crippen LogP contribution in [0.15, 0.2) is 199 Å². The van der Waals surface area contributed by atoms with Crippen molar-refractivity contribution in [1.82, 2.24) is 14.1 Å². The number of aromatic nitrogens is 3. The summed E-state index contributed by atoms with van der Waals surface area (Å²) in [4.78, 5) is 7.15. The second kappa shape index (κ2) is 12.1. The fourth-order valence-corrected chi connectivity index (χ4v) is 8.10. The van der Waals surface area contributed by atoms with E-state index < -0.39 is 0 Å². The van der Waals surface area contributed by atoms with E-state index in [1.54, 1.807) is 0 Å². The Hall–Kier alpha value is -7.37. The van der Waals surface area contributed by atoms with Gasteiger partial charge in [-0.3, -0.25) is 4.57 Å².